The third-order valence-corrected chi connectivity index (χ3v) is 4.60. The maximum absolute atomic E-state index is 12.0. The fraction of sp³-hybridized carbons (Fsp3) is 0.538. The van der Waals surface area contributed by atoms with Crippen LogP contribution >= 0.6 is 11.3 Å². The zero-order valence-electron chi connectivity index (χ0n) is 10.8. The van der Waals surface area contributed by atoms with Crippen LogP contribution in [0.3, 0.4) is 0 Å². The summed E-state index contributed by atoms with van der Waals surface area (Å²) in [5.74, 6) is 0.0170. The molecule has 2 saturated heterocycles. The normalized spacial score (nSPS) is 28.2. The summed E-state index contributed by atoms with van der Waals surface area (Å²) in [5, 5.41) is 4.81. The number of hydrogen-bond donors (Lipinski definition) is 1. The molecule has 102 valence electrons. The SMILES string of the molecule is C[C@H]1NC(=O)[C@H]2CN(Cc3cccs3)CCN2C1=O. The Kier molecular flexibility index (Phi) is 3.28. The maximum atomic E-state index is 12.0. The lowest BCUT2D eigenvalue weighted by Gasteiger charge is -2.44. The van der Waals surface area contributed by atoms with Crippen LogP contribution in [0.5, 0.6) is 0 Å². The Hall–Kier alpha value is -1.40. The Morgan fingerprint density at radius 2 is 2.26 bits per heavy atom. The van der Waals surface area contributed by atoms with E-state index in [0.29, 0.717) is 13.1 Å². The standard InChI is InChI=1S/C13H17N3O2S/c1-9-13(18)16-5-4-15(7-10-3-2-6-19-10)8-11(16)12(17)14-9/h2-3,6,9,11H,4-5,7-8H2,1H3,(H,14,17)/t9-,11-/m1/s1. The Labute approximate surface area is 116 Å². The highest BCUT2D eigenvalue weighted by molar-refractivity contribution is 7.09. The van der Waals surface area contributed by atoms with Gasteiger partial charge in [-0.25, -0.2) is 0 Å². The molecule has 19 heavy (non-hydrogen) atoms. The predicted octanol–water partition coefficient (Wildman–Crippen LogP) is 0.279. The second kappa shape index (κ2) is 4.94. The summed E-state index contributed by atoms with van der Waals surface area (Å²) in [4.78, 5) is 29.3. The Balaban J connectivity index is 1.69. The van der Waals surface area contributed by atoms with Crippen LogP contribution in [0.4, 0.5) is 0 Å². The first-order valence-corrected chi connectivity index (χ1v) is 7.38. The van der Waals surface area contributed by atoms with Gasteiger partial charge in [-0.2, -0.15) is 0 Å². The molecule has 1 aromatic rings. The molecule has 0 bridgehead atoms. The molecule has 3 rings (SSSR count). The minimum absolute atomic E-state index is 0.0250. The van der Waals surface area contributed by atoms with Crippen LogP contribution in [0.15, 0.2) is 17.5 Å². The number of piperazine rings is 2. The zero-order valence-corrected chi connectivity index (χ0v) is 11.7. The highest BCUT2D eigenvalue weighted by Crippen LogP contribution is 2.19. The van der Waals surface area contributed by atoms with Crippen LogP contribution in [-0.2, 0) is 16.1 Å². The quantitative estimate of drug-likeness (QED) is 0.846. The van der Waals surface area contributed by atoms with E-state index in [1.54, 1.807) is 23.2 Å². The molecule has 0 unspecified atom stereocenters. The van der Waals surface area contributed by atoms with Crippen molar-refractivity contribution < 1.29 is 9.59 Å². The number of hydrogen-bond acceptors (Lipinski definition) is 4. The predicted molar refractivity (Wildman–Crippen MR) is 72.7 cm³/mol. The van der Waals surface area contributed by atoms with Gasteiger partial charge in [0.15, 0.2) is 0 Å². The van der Waals surface area contributed by atoms with Crippen molar-refractivity contribution in [3.8, 4) is 0 Å². The molecule has 0 radical (unpaired) electrons. The Morgan fingerprint density at radius 1 is 1.42 bits per heavy atom. The third-order valence-electron chi connectivity index (χ3n) is 3.74. The fourth-order valence-electron chi connectivity index (χ4n) is 2.71. The number of nitrogens with zero attached hydrogens (tertiary/aromatic N) is 2. The van der Waals surface area contributed by atoms with Gasteiger partial charge in [0.25, 0.3) is 0 Å². The van der Waals surface area contributed by atoms with Crippen molar-refractivity contribution in [2.24, 2.45) is 0 Å². The zero-order chi connectivity index (χ0) is 13.4. The van der Waals surface area contributed by atoms with Crippen molar-refractivity contribution in [2.45, 2.75) is 25.6 Å². The van der Waals surface area contributed by atoms with Crippen LogP contribution in [0.1, 0.15) is 11.8 Å². The second-order valence-electron chi connectivity index (χ2n) is 5.09. The molecule has 2 aliphatic rings. The number of fused-ring (bicyclic) bond motifs is 1. The summed E-state index contributed by atoms with van der Waals surface area (Å²) >= 11 is 1.72. The first-order valence-electron chi connectivity index (χ1n) is 6.51. The maximum Gasteiger partial charge on any atom is 0.245 e. The molecule has 3 heterocycles. The molecule has 6 heteroatoms. The second-order valence-corrected chi connectivity index (χ2v) is 6.12. The van der Waals surface area contributed by atoms with Crippen LogP contribution in [-0.4, -0.2) is 53.3 Å². The van der Waals surface area contributed by atoms with Crippen molar-refractivity contribution in [1.29, 1.82) is 0 Å². The largest absolute Gasteiger partial charge is 0.343 e. The van der Waals surface area contributed by atoms with Gasteiger partial charge in [0.1, 0.15) is 12.1 Å². The van der Waals surface area contributed by atoms with E-state index in [-0.39, 0.29) is 23.9 Å². The topological polar surface area (TPSA) is 52.7 Å². The van der Waals surface area contributed by atoms with Gasteiger partial charge in [-0.15, -0.1) is 11.3 Å². The average molecular weight is 279 g/mol. The van der Waals surface area contributed by atoms with Crippen molar-refractivity contribution in [1.82, 2.24) is 15.1 Å². The lowest BCUT2D eigenvalue weighted by molar-refractivity contribution is -0.152. The van der Waals surface area contributed by atoms with Gasteiger partial charge in [0, 0.05) is 31.1 Å². The van der Waals surface area contributed by atoms with Crippen molar-refractivity contribution >= 4 is 23.2 Å². The Bertz CT molecular complexity index is 488. The summed E-state index contributed by atoms with van der Waals surface area (Å²) in [7, 11) is 0. The lowest BCUT2D eigenvalue weighted by Crippen LogP contribution is -2.68. The number of thiophene rings is 1. The van der Waals surface area contributed by atoms with E-state index in [9.17, 15) is 9.59 Å². The Morgan fingerprint density at radius 3 is 3.00 bits per heavy atom. The van der Waals surface area contributed by atoms with Crippen molar-refractivity contribution in [2.75, 3.05) is 19.6 Å². The minimum atomic E-state index is -0.382. The highest BCUT2D eigenvalue weighted by atomic mass is 32.1. The molecule has 2 aliphatic heterocycles. The van der Waals surface area contributed by atoms with Gasteiger partial charge in [0.05, 0.1) is 0 Å². The monoisotopic (exact) mass is 279 g/mol. The van der Waals surface area contributed by atoms with E-state index in [0.717, 1.165) is 13.1 Å². The first kappa shape index (κ1) is 12.6. The van der Waals surface area contributed by atoms with E-state index in [1.807, 2.05) is 6.07 Å². The van der Waals surface area contributed by atoms with E-state index >= 15 is 0 Å². The summed E-state index contributed by atoms with van der Waals surface area (Å²) in [6, 6.07) is 3.44. The van der Waals surface area contributed by atoms with E-state index in [2.05, 4.69) is 21.7 Å². The van der Waals surface area contributed by atoms with Gasteiger partial charge < -0.3 is 10.2 Å². The summed E-state index contributed by atoms with van der Waals surface area (Å²) in [6.07, 6.45) is 0. The van der Waals surface area contributed by atoms with Gasteiger partial charge in [-0.3, -0.25) is 14.5 Å². The van der Waals surface area contributed by atoms with Gasteiger partial charge in [-0.1, -0.05) is 6.07 Å². The van der Waals surface area contributed by atoms with Gasteiger partial charge >= 0.3 is 0 Å². The summed E-state index contributed by atoms with van der Waals surface area (Å²) in [5.41, 5.74) is 0. The molecule has 1 N–H and O–H groups in total. The molecule has 0 spiro atoms. The molecule has 5 nitrogen and oxygen atoms in total. The highest BCUT2D eigenvalue weighted by Gasteiger charge is 2.41. The summed E-state index contributed by atoms with van der Waals surface area (Å²) < 4.78 is 0. The van der Waals surface area contributed by atoms with Crippen LogP contribution < -0.4 is 5.32 Å². The average Bonchev–Trinajstić information content (AvgIpc) is 2.89. The number of carbonyl (C=O) groups is 2. The van der Waals surface area contributed by atoms with E-state index < -0.39 is 0 Å². The van der Waals surface area contributed by atoms with Gasteiger partial charge in [0.2, 0.25) is 11.8 Å². The van der Waals surface area contributed by atoms with Crippen molar-refractivity contribution in [3.05, 3.63) is 22.4 Å². The van der Waals surface area contributed by atoms with Crippen molar-refractivity contribution in [3.63, 3.8) is 0 Å². The number of carbonyl (C=O) groups excluding carboxylic acids is 2. The fourth-order valence-corrected chi connectivity index (χ4v) is 3.46. The van der Waals surface area contributed by atoms with Crippen LogP contribution in [0.2, 0.25) is 0 Å². The smallest absolute Gasteiger partial charge is 0.245 e. The third kappa shape index (κ3) is 2.37. The molecule has 0 aliphatic carbocycles. The minimum Gasteiger partial charge on any atom is -0.343 e. The number of nitrogens with one attached hydrogen (secondary N) is 1. The first-order chi connectivity index (χ1) is 9.15. The number of amides is 2. The molecule has 0 saturated carbocycles. The van der Waals surface area contributed by atoms with E-state index in [1.165, 1.54) is 4.88 Å². The molecule has 1 aromatic heterocycles. The van der Waals surface area contributed by atoms with Crippen LogP contribution in [0.25, 0.3) is 0 Å². The molecule has 2 fully saturated rings. The van der Waals surface area contributed by atoms with Gasteiger partial charge in [-0.05, 0) is 18.4 Å². The molecular weight excluding hydrogens is 262 g/mol. The van der Waals surface area contributed by atoms with E-state index in [4.69, 9.17) is 0 Å². The number of rotatable bonds is 2. The molecule has 2 atom stereocenters. The van der Waals surface area contributed by atoms with Crippen LogP contribution in [0, 0.1) is 0 Å². The molecular formula is C13H17N3O2S. The molecule has 2 amide bonds. The molecule has 0 aromatic carbocycles. The summed E-state index contributed by atoms with van der Waals surface area (Å²) in [6.45, 7) is 4.71. The lowest BCUT2D eigenvalue weighted by atomic mass is 10.0.